The molecule has 1 amide bonds. The SMILES string of the molecule is CCCC1(CNCc2cc(C(N)=O)ccc2F)CC1. The average molecular weight is 264 g/mol. The van der Waals surface area contributed by atoms with E-state index in [0.717, 1.165) is 6.54 Å². The Morgan fingerprint density at radius 3 is 2.79 bits per heavy atom. The minimum Gasteiger partial charge on any atom is -0.366 e. The fourth-order valence-electron chi connectivity index (χ4n) is 2.55. The summed E-state index contributed by atoms with van der Waals surface area (Å²) in [7, 11) is 0. The standard InChI is InChI=1S/C15H21FN2O/c1-2-5-15(6-7-15)10-18-9-12-8-11(14(17)19)3-4-13(12)16/h3-4,8,18H,2,5-7,9-10H2,1H3,(H2,17,19). The van der Waals surface area contributed by atoms with Crippen LogP contribution in [-0.4, -0.2) is 12.5 Å². The molecular weight excluding hydrogens is 243 g/mol. The molecule has 0 aliphatic heterocycles. The number of primary amides is 1. The first-order valence-corrected chi connectivity index (χ1v) is 6.85. The fraction of sp³-hybridized carbons (Fsp3) is 0.533. The van der Waals surface area contributed by atoms with Crippen molar-refractivity contribution < 1.29 is 9.18 Å². The predicted molar refractivity (Wildman–Crippen MR) is 73.2 cm³/mol. The van der Waals surface area contributed by atoms with Gasteiger partial charge in [-0.05, 0) is 42.9 Å². The van der Waals surface area contributed by atoms with Crippen LogP contribution >= 0.6 is 0 Å². The second kappa shape index (κ2) is 5.70. The topological polar surface area (TPSA) is 55.1 Å². The molecule has 0 heterocycles. The van der Waals surface area contributed by atoms with Gasteiger partial charge in [0, 0.05) is 24.2 Å². The van der Waals surface area contributed by atoms with E-state index >= 15 is 0 Å². The van der Waals surface area contributed by atoms with Gasteiger partial charge in [0.1, 0.15) is 5.82 Å². The fourth-order valence-corrected chi connectivity index (χ4v) is 2.55. The van der Waals surface area contributed by atoms with Crippen LogP contribution in [0.4, 0.5) is 4.39 Å². The molecule has 1 aromatic rings. The van der Waals surface area contributed by atoms with Crippen molar-refractivity contribution in [1.82, 2.24) is 5.32 Å². The Kier molecular flexibility index (Phi) is 4.20. The Labute approximate surface area is 113 Å². The molecule has 0 aromatic heterocycles. The third-order valence-electron chi connectivity index (χ3n) is 3.88. The summed E-state index contributed by atoms with van der Waals surface area (Å²) >= 11 is 0. The van der Waals surface area contributed by atoms with Crippen molar-refractivity contribution in [1.29, 1.82) is 0 Å². The molecule has 3 N–H and O–H groups in total. The van der Waals surface area contributed by atoms with Gasteiger partial charge >= 0.3 is 0 Å². The van der Waals surface area contributed by atoms with Gasteiger partial charge in [0.2, 0.25) is 5.91 Å². The summed E-state index contributed by atoms with van der Waals surface area (Å²) < 4.78 is 13.6. The minimum atomic E-state index is -0.522. The van der Waals surface area contributed by atoms with E-state index < -0.39 is 5.91 Å². The van der Waals surface area contributed by atoms with Crippen molar-refractivity contribution in [3.8, 4) is 0 Å². The van der Waals surface area contributed by atoms with Gasteiger partial charge in [-0.2, -0.15) is 0 Å². The molecule has 1 fully saturated rings. The van der Waals surface area contributed by atoms with Crippen LogP contribution in [0.5, 0.6) is 0 Å². The van der Waals surface area contributed by atoms with Crippen LogP contribution in [0.1, 0.15) is 48.5 Å². The van der Waals surface area contributed by atoms with Crippen LogP contribution in [0.15, 0.2) is 18.2 Å². The average Bonchev–Trinajstić information content (AvgIpc) is 3.12. The lowest BCUT2D eigenvalue weighted by molar-refractivity contribution is 0.1000. The number of hydrogen-bond donors (Lipinski definition) is 2. The Morgan fingerprint density at radius 2 is 2.21 bits per heavy atom. The highest BCUT2D eigenvalue weighted by Crippen LogP contribution is 2.48. The lowest BCUT2D eigenvalue weighted by Gasteiger charge is -2.15. The minimum absolute atomic E-state index is 0.294. The quantitative estimate of drug-likeness (QED) is 0.795. The number of nitrogens with two attached hydrogens (primary N) is 1. The number of halogens is 1. The molecule has 0 unspecified atom stereocenters. The number of amides is 1. The van der Waals surface area contributed by atoms with E-state index in [2.05, 4.69) is 12.2 Å². The Morgan fingerprint density at radius 1 is 1.47 bits per heavy atom. The second-order valence-electron chi connectivity index (χ2n) is 5.52. The normalized spacial score (nSPS) is 16.3. The van der Waals surface area contributed by atoms with Gasteiger partial charge in [0.05, 0.1) is 0 Å². The molecule has 0 radical (unpaired) electrons. The predicted octanol–water partition coefficient (Wildman–Crippen LogP) is 2.59. The van der Waals surface area contributed by atoms with Crippen LogP contribution in [0.3, 0.4) is 0 Å². The van der Waals surface area contributed by atoms with Crippen molar-refractivity contribution in [2.24, 2.45) is 11.1 Å². The molecule has 2 rings (SSSR count). The van der Waals surface area contributed by atoms with E-state index in [0.29, 0.717) is 23.1 Å². The summed E-state index contributed by atoms with van der Waals surface area (Å²) in [6.45, 7) is 3.55. The smallest absolute Gasteiger partial charge is 0.248 e. The van der Waals surface area contributed by atoms with Crippen LogP contribution in [0.25, 0.3) is 0 Å². The molecule has 1 aromatic carbocycles. The second-order valence-corrected chi connectivity index (χ2v) is 5.52. The Bertz CT molecular complexity index is 469. The van der Waals surface area contributed by atoms with Crippen molar-refractivity contribution in [3.05, 3.63) is 35.1 Å². The summed E-state index contributed by atoms with van der Waals surface area (Å²) in [6, 6.07) is 4.25. The molecule has 0 bridgehead atoms. The summed E-state index contributed by atoms with van der Waals surface area (Å²) in [5.41, 5.74) is 6.49. The molecule has 104 valence electrons. The molecule has 19 heavy (non-hydrogen) atoms. The van der Waals surface area contributed by atoms with Crippen LogP contribution in [0.2, 0.25) is 0 Å². The molecule has 1 aliphatic rings. The monoisotopic (exact) mass is 264 g/mol. The van der Waals surface area contributed by atoms with E-state index in [9.17, 15) is 9.18 Å². The molecule has 4 heteroatoms. The van der Waals surface area contributed by atoms with Gasteiger partial charge in [0.25, 0.3) is 0 Å². The zero-order valence-corrected chi connectivity index (χ0v) is 11.3. The number of nitrogens with one attached hydrogen (secondary N) is 1. The largest absolute Gasteiger partial charge is 0.366 e. The van der Waals surface area contributed by atoms with Gasteiger partial charge in [-0.25, -0.2) is 4.39 Å². The molecule has 1 aliphatic carbocycles. The van der Waals surface area contributed by atoms with Gasteiger partial charge in [-0.3, -0.25) is 4.79 Å². The molecule has 0 atom stereocenters. The highest BCUT2D eigenvalue weighted by Gasteiger charge is 2.40. The molecule has 0 saturated heterocycles. The van der Waals surface area contributed by atoms with Gasteiger partial charge in [-0.1, -0.05) is 13.3 Å². The zero-order valence-electron chi connectivity index (χ0n) is 11.3. The Balaban J connectivity index is 1.92. The number of carbonyl (C=O) groups is 1. The number of benzene rings is 1. The third-order valence-corrected chi connectivity index (χ3v) is 3.88. The lowest BCUT2D eigenvalue weighted by Crippen LogP contribution is -2.24. The van der Waals surface area contributed by atoms with Crippen molar-refractivity contribution in [3.63, 3.8) is 0 Å². The van der Waals surface area contributed by atoms with Gasteiger partial charge in [-0.15, -0.1) is 0 Å². The summed E-state index contributed by atoms with van der Waals surface area (Å²) in [5, 5.41) is 3.30. The maximum absolute atomic E-state index is 13.6. The van der Waals surface area contributed by atoms with Gasteiger partial charge in [0.15, 0.2) is 0 Å². The highest BCUT2D eigenvalue weighted by molar-refractivity contribution is 5.92. The maximum Gasteiger partial charge on any atom is 0.248 e. The maximum atomic E-state index is 13.6. The molecule has 3 nitrogen and oxygen atoms in total. The van der Waals surface area contributed by atoms with E-state index in [1.807, 2.05) is 0 Å². The first kappa shape index (κ1) is 14.0. The third kappa shape index (κ3) is 3.53. The molecular formula is C15H21FN2O. The van der Waals surface area contributed by atoms with Crippen LogP contribution in [0, 0.1) is 11.2 Å². The van der Waals surface area contributed by atoms with Crippen molar-refractivity contribution >= 4 is 5.91 Å². The highest BCUT2D eigenvalue weighted by atomic mass is 19.1. The van der Waals surface area contributed by atoms with Gasteiger partial charge < -0.3 is 11.1 Å². The molecule has 0 spiro atoms. The lowest BCUT2D eigenvalue weighted by atomic mass is 10.0. The van der Waals surface area contributed by atoms with E-state index in [1.54, 1.807) is 0 Å². The van der Waals surface area contributed by atoms with E-state index in [-0.39, 0.29) is 5.82 Å². The zero-order chi connectivity index (χ0) is 13.9. The van der Waals surface area contributed by atoms with Crippen molar-refractivity contribution in [2.45, 2.75) is 39.2 Å². The molecule has 1 saturated carbocycles. The van der Waals surface area contributed by atoms with E-state index in [4.69, 9.17) is 5.73 Å². The Hall–Kier alpha value is -1.42. The van der Waals surface area contributed by atoms with E-state index in [1.165, 1.54) is 43.9 Å². The summed E-state index contributed by atoms with van der Waals surface area (Å²) in [6.07, 6.45) is 4.94. The summed E-state index contributed by atoms with van der Waals surface area (Å²) in [5.74, 6) is -0.816. The number of rotatable bonds is 7. The van der Waals surface area contributed by atoms with Crippen molar-refractivity contribution in [2.75, 3.05) is 6.54 Å². The first-order chi connectivity index (χ1) is 9.06. The number of hydrogen-bond acceptors (Lipinski definition) is 2. The first-order valence-electron chi connectivity index (χ1n) is 6.85. The van der Waals surface area contributed by atoms with Crippen LogP contribution < -0.4 is 11.1 Å². The number of carbonyl (C=O) groups excluding carboxylic acids is 1. The van der Waals surface area contributed by atoms with Crippen LogP contribution in [-0.2, 0) is 6.54 Å². The summed E-state index contributed by atoms with van der Waals surface area (Å²) in [4.78, 5) is 11.1.